The van der Waals surface area contributed by atoms with Crippen molar-refractivity contribution in [2.45, 2.75) is 25.7 Å². The van der Waals surface area contributed by atoms with E-state index in [1.165, 1.54) is 0 Å². The third-order valence-corrected chi connectivity index (χ3v) is 5.78. The zero-order chi connectivity index (χ0) is 18.1. The molecule has 3 heterocycles. The van der Waals surface area contributed by atoms with Crippen molar-refractivity contribution >= 4 is 28.8 Å². The van der Waals surface area contributed by atoms with Crippen LogP contribution in [0.3, 0.4) is 0 Å². The average Bonchev–Trinajstić information content (AvgIpc) is 3.30. The van der Waals surface area contributed by atoms with Gasteiger partial charge in [0.2, 0.25) is 0 Å². The lowest BCUT2D eigenvalue weighted by molar-refractivity contribution is 0.845. The summed E-state index contributed by atoms with van der Waals surface area (Å²) in [5, 5.41) is 13.8. The number of benzene rings is 1. The lowest BCUT2D eigenvalue weighted by Gasteiger charge is -2.27. The molecule has 0 spiro atoms. The van der Waals surface area contributed by atoms with Gasteiger partial charge < -0.3 is 5.32 Å². The number of anilines is 1. The first-order chi connectivity index (χ1) is 12.7. The number of hydrogen-bond donors (Lipinski definition) is 2. The van der Waals surface area contributed by atoms with Crippen LogP contribution in [0.5, 0.6) is 0 Å². The molecule has 2 N–H and O–H groups in total. The second-order valence-electron chi connectivity index (χ2n) is 6.14. The number of nitrogens with one attached hydrogen (secondary N) is 2. The summed E-state index contributed by atoms with van der Waals surface area (Å²) in [7, 11) is 0. The summed E-state index contributed by atoms with van der Waals surface area (Å²) in [5.41, 5.74) is 4.52. The van der Waals surface area contributed by atoms with Gasteiger partial charge in [-0.1, -0.05) is 49.2 Å². The van der Waals surface area contributed by atoms with E-state index in [0.717, 1.165) is 46.1 Å². The van der Waals surface area contributed by atoms with Crippen LogP contribution in [0.25, 0.3) is 15.4 Å². The first-order valence-electron chi connectivity index (χ1n) is 8.48. The molecule has 0 bridgehead atoms. The fraction of sp³-hybridized carbons (Fsp3) is 0.200. The molecule has 1 aliphatic heterocycles. The van der Waals surface area contributed by atoms with Crippen molar-refractivity contribution in [3.8, 4) is 10.6 Å². The van der Waals surface area contributed by atoms with Gasteiger partial charge in [-0.3, -0.25) is 5.10 Å². The van der Waals surface area contributed by atoms with Gasteiger partial charge in [-0.05, 0) is 29.5 Å². The highest BCUT2D eigenvalue weighted by Crippen LogP contribution is 2.48. The summed E-state index contributed by atoms with van der Waals surface area (Å²) >= 11 is 8.19. The minimum absolute atomic E-state index is 0.227. The van der Waals surface area contributed by atoms with Gasteiger partial charge in [0.15, 0.2) is 11.5 Å². The van der Waals surface area contributed by atoms with Gasteiger partial charge in [0.25, 0.3) is 0 Å². The second-order valence-corrected chi connectivity index (χ2v) is 7.50. The predicted molar refractivity (Wildman–Crippen MR) is 107 cm³/mol. The number of allylic oxidation sites excluding steroid dienone is 2. The summed E-state index contributed by atoms with van der Waals surface area (Å²) in [4.78, 5) is 5.02. The normalized spacial score (nSPS) is 16.1. The van der Waals surface area contributed by atoms with Gasteiger partial charge in [0, 0.05) is 16.3 Å². The number of H-pyrrole nitrogens is 1. The summed E-state index contributed by atoms with van der Waals surface area (Å²) < 4.78 is 0. The Hall–Kier alpha value is -2.55. The largest absolute Gasteiger partial charge is 0.352 e. The van der Waals surface area contributed by atoms with E-state index in [0.29, 0.717) is 10.7 Å². The second kappa shape index (κ2) is 6.99. The first-order valence-corrected chi connectivity index (χ1v) is 9.74. The molecule has 0 aliphatic carbocycles. The van der Waals surface area contributed by atoms with E-state index in [4.69, 9.17) is 18.2 Å². The van der Waals surface area contributed by atoms with E-state index in [1.54, 1.807) is 11.3 Å². The molecule has 0 radical (unpaired) electrons. The van der Waals surface area contributed by atoms with E-state index < -0.39 is 0 Å². The topological polar surface area (TPSA) is 45.1 Å². The first kappa shape index (κ1) is 16.9. The van der Waals surface area contributed by atoms with E-state index in [9.17, 15) is 0 Å². The molecule has 0 saturated carbocycles. The van der Waals surface area contributed by atoms with Gasteiger partial charge in [0.05, 0.1) is 23.1 Å². The van der Waals surface area contributed by atoms with E-state index in [2.05, 4.69) is 33.3 Å². The third kappa shape index (κ3) is 2.72. The van der Waals surface area contributed by atoms with Crippen LogP contribution < -0.4 is 5.32 Å². The lowest BCUT2D eigenvalue weighted by Crippen LogP contribution is -2.17. The SMILES string of the molecule is [C-]#[N+]C1=C(CCC)Nc2n[nH]c(-c3cccs3)c2C1c1ccccc1Cl. The number of aromatic amines is 1. The van der Waals surface area contributed by atoms with Crippen molar-refractivity contribution in [3.05, 3.63) is 80.7 Å². The monoisotopic (exact) mass is 380 g/mol. The van der Waals surface area contributed by atoms with Gasteiger partial charge in [-0.15, -0.1) is 11.3 Å². The molecule has 3 aromatic rings. The predicted octanol–water partition coefficient (Wildman–Crippen LogP) is 6.28. The van der Waals surface area contributed by atoms with Crippen LogP contribution >= 0.6 is 22.9 Å². The molecule has 130 valence electrons. The van der Waals surface area contributed by atoms with Crippen LogP contribution in [0.4, 0.5) is 5.82 Å². The summed E-state index contributed by atoms with van der Waals surface area (Å²) in [6, 6.07) is 11.8. The van der Waals surface area contributed by atoms with Crippen molar-refractivity contribution in [3.63, 3.8) is 0 Å². The van der Waals surface area contributed by atoms with Crippen LogP contribution in [0.15, 0.2) is 53.2 Å². The Bertz CT molecular complexity index is 1010. The van der Waals surface area contributed by atoms with Crippen LogP contribution in [0.2, 0.25) is 5.02 Å². The zero-order valence-electron chi connectivity index (χ0n) is 14.2. The number of halogens is 1. The highest BCUT2D eigenvalue weighted by atomic mass is 35.5. The minimum Gasteiger partial charge on any atom is -0.352 e. The molecule has 4 rings (SSSR count). The maximum atomic E-state index is 7.85. The smallest absolute Gasteiger partial charge is 0.196 e. The maximum absolute atomic E-state index is 7.85. The molecular formula is C20H17ClN4S. The van der Waals surface area contributed by atoms with Crippen molar-refractivity contribution in [2.24, 2.45) is 0 Å². The minimum atomic E-state index is -0.227. The lowest BCUT2D eigenvalue weighted by atomic mass is 9.84. The van der Waals surface area contributed by atoms with E-state index in [-0.39, 0.29) is 5.92 Å². The third-order valence-electron chi connectivity index (χ3n) is 4.55. The zero-order valence-corrected chi connectivity index (χ0v) is 15.8. The molecule has 6 heteroatoms. The molecule has 1 aliphatic rings. The Morgan fingerprint density at radius 3 is 2.81 bits per heavy atom. The molecule has 2 aromatic heterocycles. The van der Waals surface area contributed by atoms with Crippen molar-refractivity contribution < 1.29 is 0 Å². The molecule has 1 aromatic carbocycles. The van der Waals surface area contributed by atoms with Gasteiger partial charge >= 0.3 is 0 Å². The number of thiophene rings is 1. The number of hydrogen-bond acceptors (Lipinski definition) is 3. The summed E-state index contributed by atoms with van der Waals surface area (Å²) in [5.74, 6) is 0.559. The van der Waals surface area contributed by atoms with Crippen LogP contribution in [-0.4, -0.2) is 10.2 Å². The molecule has 1 atom stereocenters. The number of fused-ring (bicyclic) bond motifs is 1. The Labute approximate surface area is 161 Å². The van der Waals surface area contributed by atoms with E-state index >= 15 is 0 Å². The van der Waals surface area contributed by atoms with E-state index in [1.807, 2.05) is 35.7 Å². The molecular weight excluding hydrogens is 364 g/mol. The van der Waals surface area contributed by atoms with Gasteiger partial charge in [0.1, 0.15) is 0 Å². The number of nitrogens with zero attached hydrogens (tertiary/aromatic N) is 2. The molecule has 4 nitrogen and oxygen atoms in total. The van der Waals surface area contributed by atoms with Crippen molar-refractivity contribution in [1.82, 2.24) is 10.2 Å². The van der Waals surface area contributed by atoms with Crippen LogP contribution in [0, 0.1) is 6.57 Å². The van der Waals surface area contributed by atoms with Crippen LogP contribution in [0.1, 0.15) is 36.8 Å². The Morgan fingerprint density at radius 1 is 1.27 bits per heavy atom. The molecule has 26 heavy (non-hydrogen) atoms. The van der Waals surface area contributed by atoms with Crippen molar-refractivity contribution in [2.75, 3.05) is 5.32 Å². The quantitative estimate of drug-likeness (QED) is 0.523. The Kier molecular flexibility index (Phi) is 4.54. The van der Waals surface area contributed by atoms with Gasteiger partial charge in [-0.2, -0.15) is 5.10 Å². The molecule has 0 amide bonds. The standard InChI is InChI=1S/C20H17ClN4S/c1-3-7-14-18(22-2)16(12-8-4-5-9-13(12)21)17-19(15-10-6-11-26-15)24-25-20(17)23-14/h4-6,8-11,16H,3,7H2,1H3,(H2,23,24,25). The summed E-state index contributed by atoms with van der Waals surface area (Å²) in [6.07, 6.45) is 1.76. The average molecular weight is 381 g/mol. The Morgan fingerprint density at radius 2 is 2.12 bits per heavy atom. The maximum Gasteiger partial charge on any atom is 0.196 e. The molecule has 0 saturated heterocycles. The van der Waals surface area contributed by atoms with Crippen LogP contribution in [-0.2, 0) is 0 Å². The van der Waals surface area contributed by atoms with Crippen molar-refractivity contribution in [1.29, 1.82) is 0 Å². The summed E-state index contributed by atoms with van der Waals surface area (Å²) in [6.45, 7) is 9.96. The number of rotatable bonds is 4. The Balaban J connectivity index is 1.98. The van der Waals surface area contributed by atoms with Gasteiger partial charge in [-0.25, -0.2) is 4.85 Å². The molecule has 1 unspecified atom stereocenters. The molecule has 0 fully saturated rings. The highest BCUT2D eigenvalue weighted by molar-refractivity contribution is 7.13. The fourth-order valence-corrected chi connectivity index (χ4v) is 4.42. The number of aromatic nitrogens is 2. The highest BCUT2D eigenvalue weighted by Gasteiger charge is 2.35. The fourth-order valence-electron chi connectivity index (χ4n) is 3.44.